The molecule has 1 aliphatic rings. The molecule has 0 bridgehead atoms. The standard InChI is InChI=1S/C19H18F2N4O2/c20-13-4-6-15(7-5-13)25-17(18(22)26)11-16(24-25)19(27)23-9-8-12-2-1-3-14(21)10-12/h1-7,10,17H,8-9,11H2,(H2,22,26)(H,23,27). The first-order chi connectivity index (χ1) is 12.9. The van der Waals surface area contributed by atoms with Crippen LogP contribution in [0.15, 0.2) is 53.6 Å². The minimum absolute atomic E-state index is 0.0541. The summed E-state index contributed by atoms with van der Waals surface area (Å²) < 4.78 is 26.3. The van der Waals surface area contributed by atoms with Gasteiger partial charge in [-0.1, -0.05) is 12.1 Å². The smallest absolute Gasteiger partial charge is 0.267 e. The van der Waals surface area contributed by atoms with E-state index in [2.05, 4.69) is 10.4 Å². The molecule has 6 nitrogen and oxygen atoms in total. The summed E-state index contributed by atoms with van der Waals surface area (Å²) >= 11 is 0. The lowest BCUT2D eigenvalue weighted by Crippen LogP contribution is -2.40. The number of nitrogens with zero attached hydrogens (tertiary/aromatic N) is 2. The van der Waals surface area contributed by atoms with Gasteiger partial charge in [-0.25, -0.2) is 8.78 Å². The largest absolute Gasteiger partial charge is 0.368 e. The van der Waals surface area contributed by atoms with Crippen LogP contribution < -0.4 is 16.1 Å². The summed E-state index contributed by atoms with van der Waals surface area (Å²) in [5.74, 6) is -1.82. The average Bonchev–Trinajstić information content (AvgIpc) is 3.08. The number of halogens is 2. The molecule has 1 heterocycles. The van der Waals surface area contributed by atoms with Crippen LogP contribution in [0.1, 0.15) is 12.0 Å². The van der Waals surface area contributed by atoms with Gasteiger partial charge < -0.3 is 11.1 Å². The van der Waals surface area contributed by atoms with Crippen LogP contribution in [0.3, 0.4) is 0 Å². The zero-order chi connectivity index (χ0) is 19.4. The lowest BCUT2D eigenvalue weighted by Gasteiger charge is -2.20. The molecule has 140 valence electrons. The first-order valence-electron chi connectivity index (χ1n) is 8.38. The number of amides is 2. The number of anilines is 1. The fraction of sp³-hybridized carbons (Fsp3) is 0.211. The van der Waals surface area contributed by atoms with Crippen molar-refractivity contribution in [3.63, 3.8) is 0 Å². The van der Waals surface area contributed by atoms with Gasteiger partial charge in [0.15, 0.2) is 0 Å². The summed E-state index contributed by atoms with van der Waals surface area (Å²) in [5.41, 5.74) is 6.78. The Balaban J connectivity index is 1.66. The molecule has 0 radical (unpaired) electrons. The van der Waals surface area contributed by atoms with Crippen molar-refractivity contribution in [1.82, 2.24) is 5.32 Å². The van der Waals surface area contributed by atoms with E-state index in [1.165, 1.54) is 41.4 Å². The second kappa shape index (κ2) is 7.94. The highest BCUT2D eigenvalue weighted by Crippen LogP contribution is 2.24. The number of carbonyl (C=O) groups is 2. The van der Waals surface area contributed by atoms with Gasteiger partial charge in [-0.3, -0.25) is 14.6 Å². The molecule has 1 aliphatic heterocycles. The number of carbonyl (C=O) groups excluding carboxylic acids is 2. The van der Waals surface area contributed by atoms with Crippen LogP contribution >= 0.6 is 0 Å². The SMILES string of the molecule is NC(=O)C1CC(C(=O)NCCc2cccc(F)c2)=NN1c1ccc(F)cc1. The topological polar surface area (TPSA) is 87.8 Å². The maximum absolute atomic E-state index is 13.2. The second-order valence-electron chi connectivity index (χ2n) is 6.13. The average molecular weight is 372 g/mol. The molecule has 1 unspecified atom stereocenters. The summed E-state index contributed by atoms with van der Waals surface area (Å²) in [6.45, 7) is 0.291. The molecule has 0 aliphatic carbocycles. The molecule has 0 spiro atoms. The number of hydrazone groups is 1. The third-order valence-electron chi connectivity index (χ3n) is 4.18. The first kappa shape index (κ1) is 18.5. The number of benzene rings is 2. The van der Waals surface area contributed by atoms with Crippen LogP contribution in [0.2, 0.25) is 0 Å². The van der Waals surface area contributed by atoms with E-state index < -0.39 is 23.7 Å². The fourth-order valence-electron chi connectivity index (χ4n) is 2.82. The predicted octanol–water partition coefficient (Wildman–Crippen LogP) is 1.74. The Bertz CT molecular complexity index is 884. The van der Waals surface area contributed by atoms with Crippen molar-refractivity contribution in [2.45, 2.75) is 18.9 Å². The molecular formula is C19H18F2N4O2. The van der Waals surface area contributed by atoms with Crippen LogP contribution in [-0.4, -0.2) is 30.1 Å². The minimum Gasteiger partial charge on any atom is -0.368 e. The van der Waals surface area contributed by atoms with Gasteiger partial charge in [0, 0.05) is 13.0 Å². The molecule has 0 aromatic heterocycles. The number of rotatable bonds is 6. The molecule has 0 saturated heterocycles. The molecule has 2 amide bonds. The normalized spacial score (nSPS) is 16.1. The van der Waals surface area contributed by atoms with Crippen molar-refractivity contribution in [2.24, 2.45) is 10.8 Å². The molecule has 0 saturated carbocycles. The van der Waals surface area contributed by atoms with Crippen molar-refractivity contribution in [1.29, 1.82) is 0 Å². The third-order valence-corrected chi connectivity index (χ3v) is 4.18. The van der Waals surface area contributed by atoms with Gasteiger partial charge in [0.1, 0.15) is 23.4 Å². The predicted molar refractivity (Wildman–Crippen MR) is 97.0 cm³/mol. The first-order valence-corrected chi connectivity index (χ1v) is 8.38. The Labute approximate surface area is 154 Å². The highest BCUT2D eigenvalue weighted by atomic mass is 19.1. The van der Waals surface area contributed by atoms with Crippen molar-refractivity contribution in [3.05, 3.63) is 65.7 Å². The fourth-order valence-corrected chi connectivity index (χ4v) is 2.82. The van der Waals surface area contributed by atoms with E-state index in [1.807, 2.05) is 0 Å². The summed E-state index contributed by atoms with van der Waals surface area (Å²) in [4.78, 5) is 24.1. The van der Waals surface area contributed by atoms with Crippen LogP contribution in [0, 0.1) is 11.6 Å². The van der Waals surface area contributed by atoms with Gasteiger partial charge >= 0.3 is 0 Å². The van der Waals surface area contributed by atoms with Gasteiger partial charge in [-0.2, -0.15) is 5.10 Å². The quantitative estimate of drug-likeness (QED) is 0.810. The number of hydrogen-bond acceptors (Lipinski definition) is 4. The Morgan fingerprint density at radius 3 is 2.56 bits per heavy atom. The third kappa shape index (κ3) is 4.46. The Morgan fingerprint density at radius 1 is 1.15 bits per heavy atom. The highest BCUT2D eigenvalue weighted by molar-refractivity contribution is 6.40. The number of primary amides is 1. The van der Waals surface area contributed by atoms with E-state index in [-0.39, 0.29) is 17.9 Å². The van der Waals surface area contributed by atoms with Gasteiger partial charge in [0.25, 0.3) is 5.91 Å². The van der Waals surface area contributed by atoms with Crippen molar-refractivity contribution in [3.8, 4) is 0 Å². The van der Waals surface area contributed by atoms with Gasteiger partial charge in [0.2, 0.25) is 5.91 Å². The second-order valence-corrected chi connectivity index (χ2v) is 6.13. The van der Waals surface area contributed by atoms with Crippen LogP contribution in [0.5, 0.6) is 0 Å². The van der Waals surface area contributed by atoms with Gasteiger partial charge in [0.05, 0.1) is 5.69 Å². The molecule has 3 N–H and O–H groups in total. The van der Waals surface area contributed by atoms with E-state index in [9.17, 15) is 18.4 Å². The maximum Gasteiger partial charge on any atom is 0.267 e. The molecule has 0 fully saturated rings. The van der Waals surface area contributed by atoms with E-state index in [1.54, 1.807) is 12.1 Å². The zero-order valence-electron chi connectivity index (χ0n) is 14.4. The molecular weight excluding hydrogens is 354 g/mol. The molecule has 2 aromatic carbocycles. The van der Waals surface area contributed by atoms with E-state index >= 15 is 0 Å². The highest BCUT2D eigenvalue weighted by Gasteiger charge is 2.34. The number of nitrogens with one attached hydrogen (secondary N) is 1. The molecule has 8 heteroatoms. The van der Waals surface area contributed by atoms with Gasteiger partial charge in [-0.05, 0) is 48.4 Å². The van der Waals surface area contributed by atoms with Crippen molar-refractivity contribution >= 4 is 23.2 Å². The zero-order valence-corrected chi connectivity index (χ0v) is 14.4. The molecule has 1 atom stereocenters. The molecule has 3 rings (SSSR count). The maximum atomic E-state index is 13.2. The summed E-state index contributed by atoms with van der Waals surface area (Å²) in [5, 5.41) is 8.21. The van der Waals surface area contributed by atoms with Crippen molar-refractivity contribution in [2.75, 3.05) is 11.6 Å². The lowest BCUT2D eigenvalue weighted by molar-refractivity contribution is -0.119. The lowest BCUT2D eigenvalue weighted by atomic mass is 10.1. The number of hydrogen-bond donors (Lipinski definition) is 2. The van der Waals surface area contributed by atoms with Gasteiger partial charge in [-0.15, -0.1) is 0 Å². The van der Waals surface area contributed by atoms with Crippen molar-refractivity contribution < 1.29 is 18.4 Å². The van der Waals surface area contributed by atoms with Crippen LogP contribution in [-0.2, 0) is 16.0 Å². The number of nitrogens with two attached hydrogens (primary N) is 1. The van der Waals surface area contributed by atoms with E-state index in [4.69, 9.17) is 5.73 Å². The van der Waals surface area contributed by atoms with Crippen LogP contribution in [0.4, 0.5) is 14.5 Å². The molecule has 27 heavy (non-hydrogen) atoms. The summed E-state index contributed by atoms with van der Waals surface area (Å²) in [7, 11) is 0. The Kier molecular flexibility index (Phi) is 5.44. The minimum atomic E-state index is -0.820. The monoisotopic (exact) mass is 372 g/mol. The van der Waals surface area contributed by atoms with E-state index in [0.29, 0.717) is 18.7 Å². The summed E-state index contributed by atoms with van der Waals surface area (Å²) in [6.07, 6.45) is 0.510. The Morgan fingerprint density at radius 2 is 1.89 bits per heavy atom. The molecule has 2 aromatic rings. The summed E-state index contributed by atoms with van der Waals surface area (Å²) in [6, 6.07) is 10.7. The van der Waals surface area contributed by atoms with E-state index in [0.717, 1.165) is 5.56 Å². The Hall–Kier alpha value is -3.29. The van der Waals surface area contributed by atoms with Crippen LogP contribution in [0.25, 0.3) is 0 Å².